The molecule has 5 heteroatoms. The normalized spacial score (nSPS) is 11.2. The second-order valence-corrected chi connectivity index (χ2v) is 3.26. The quantitative estimate of drug-likeness (QED) is 0.744. The largest absolute Gasteiger partial charge is 0.416 e. The monoisotopic (exact) mass is 228 g/mol. The van der Waals surface area contributed by atoms with Crippen LogP contribution in [0.15, 0.2) is 18.2 Å². The summed E-state index contributed by atoms with van der Waals surface area (Å²) in [4.78, 5) is 0. The molecule has 1 rings (SSSR count). The van der Waals surface area contributed by atoms with Gasteiger partial charge in [-0.3, -0.25) is 0 Å². The molecule has 0 aliphatic heterocycles. The Morgan fingerprint density at radius 2 is 1.69 bits per heavy atom. The van der Waals surface area contributed by atoms with Crippen LogP contribution in [0.2, 0.25) is 0 Å². The van der Waals surface area contributed by atoms with Gasteiger partial charge in [-0.2, -0.15) is 13.2 Å². The van der Waals surface area contributed by atoms with E-state index in [-0.39, 0.29) is 18.4 Å². The van der Waals surface area contributed by atoms with Crippen molar-refractivity contribution < 1.29 is 13.2 Å². The highest BCUT2D eigenvalue weighted by atomic mass is 19.4. The van der Waals surface area contributed by atoms with Crippen molar-refractivity contribution in [1.82, 2.24) is 0 Å². The minimum absolute atomic E-state index is 0.0567. The average molecular weight is 228 g/mol. The molecule has 2 N–H and O–H groups in total. The van der Waals surface area contributed by atoms with E-state index in [0.29, 0.717) is 5.56 Å². The van der Waals surface area contributed by atoms with Crippen molar-refractivity contribution in [1.29, 1.82) is 10.8 Å². The lowest BCUT2D eigenvalue weighted by molar-refractivity contribution is -0.138. The van der Waals surface area contributed by atoms with E-state index in [2.05, 4.69) is 0 Å². The summed E-state index contributed by atoms with van der Waals surface area (Å²) in [5, 5.41) is 13.9. The van der Waals surface area contributed by atoms with Gasteiger partial charge in [-0.15, -0.1) is 0 Å². The molecule has 0 atom stereocenters. The highest BCUT2D eigenvalue weighted by Crippen LogP contribution is 2.33. The van der Waals surface area contributed by atoms with Gasteiger partial charge in [-0.05, 0) is 29.6 Å². The number of nitrogens with one attached hydrogen (secondary N) is 2. The molecule has 1 aromatic carbocycles. The standard InChI is InChI=1S/C11H11F3N2/c12-11(13,14)10-3-1-2-8(4-6-15)9(10)5-7-16/h1-3,6-7,15-16H,4-5H2. The van der Waals surface area contributed by atoms with Crippen molar-refractivity contribution in [2.75, 3.05) is 0 Å². The van der Waals surface area contributed by atoms with Gasteiger partial charge >= 0.3 is 6.18 Å². The van der Waals surface area contributed by atoms with E-state index < -0.39 is 11.7 Å². The molecular formula is C11H11F3N2. The van der Waals surface area contributed by atoms with Crippen LogP contribution in [-0.4, -0.2) is 12.4 Å². The average Bonchev–Trinajstić information content (AvgIpc) is 2.19. The number of alkyl halides is 3. The van der Waals surface area contributed by atoms with Gasteiger partial charge in [0.25, 0.3) is 0 Å². The van der Waals surface area contributed by atoms with E-state index in [9.17, 15) is 13.2 Å². The van der Waals surface area contributed by atoms with E-state index >= 15 is 0 Å². The fourth-order valence-electron chi connectivity index (χ4n) is 1.54. The number of benzene rings is 1. The van der Waals surface area contributed by atoms with Crippen LogP contribution >= 0.6 is 0 Å². The molecule has 0 radical (unpaired) electrons. The zero-order valence-electron chi connectivity index (χ0n) is 8.43. The van der Waals surface area contributed by atoms with Crippen LogP contribution in [0.25, 0.3) is 0 Å². The Morgan fingerprint density at radius 1 is 1.06 bits per heavy atom. The van der Waals surface area contributed by atoms with E-state index in [4.69, 9.17) is 10.8 Å². The van der Waals surface area contributed by atoms with Crippen LogP contribution in [-0.2, 0) is 19.0 Å². The second-order valence-electron chi connectivity index (χ2n) is 3.26. The molecule has 0 aliphatic carbocycles. The number of hydrogen-bond donors (Lipinski definition) is 2. The first kappa shape index (κ1) is 12.4. The highest BCUT2D eigenvalue weighted by Gasteiger charge is 2.33. The minimum atomic E-state index is -4.41. The SMILES string of the molecule is N=CCc1cccc(C(F)(F)F)c1CC=N. The summed E-state index contributed by atoms with van der Waals surface area (Å²) in [6, 6.07) is 3.89. The minimum Gasteiger partial charge on any atom is -0.313 e. The molecule has 0 saturated carbocycles. The van der Waals surface area contributed by atoms with Crippen molar-refractivity contribution in [3.05, 3.63) is 34.9 Å². The molecular weight excluding hydrogens is 217 g/mol. The van der Waals surface area contributed by atoms with Gasteiger partial charge < -0.3 is 10.8 Å². The predicted octanol–water partition coefficient (Wildman–Crippen LogP) is 3.09. The fraction of sp³-hybridized carbons (Fsp3) is 0.273. The second kappa shape index (κ2) is 4.92. The molecule has 2 nitrogen and oxygen atoms in total. The zero-order valence-corrected chi connectivity index (χ0v) is 8.43. The molecule has 0 aromatic heterocycles. The van der Waals surface area contributed by atoms with Crippen molar-refractivity contribution in [2.45, 2.75) is 19.0 Å². The van der Waals surface area contributed by atoms with E-state index in [1.807, 2.05) is 0 Å². The van der Waals surface area contributed by atoms with E-state index in [1.54, 1.807) is 6.07 Å². The summed E-state index contributed by atoms with van der Waals surface area (Å²) in [6.07, 6.45) is -2.30. The molecule has 0 fully saturated rings. The fourth-order valence-corrected chi connectivity index (χ4v) is 1.54. The van der Waals surface area contributed by atoms with Gasteiger partial charge in [0, 0.05) is 12.8 Å². The molecule has 0 heterocycles. The first-order chi connectivity index (χ1) is 7.50. The van der Waals surface area contributed by atoms with Crippen molar-refractivity contribution in [2.24, 2.45) is 0 Å². The lowest BCUT2D eigenvalue weighted by atomic mass is 9.96. The topological polar surface area (TPSA) is 47.7 Å². The summed E-state index contributed by atoms with van der Waals surface area (Å²) in [6.45, 7) is 0. The third kappa shape index (κ3) is 2.68. The van der Waals surface area contributed by atoms with Crippen LogP contribution in [0.3, 0.4) is 0 Å². The third-order valence-corrected chi connectivity index (χ3v) is 2.21. The number of hydrogen-bond acceptors (Lipinski definition) is 2. The van der Waals surface area contributed by atoms with Crippen molar-refractivity contribution in [3.8, 4) is 0 Å². The lowest BCUT2D eigenvalue weighted by Gasteiger charge is -2.14. The molecule has 0 aliphatic rings. The molecule has 0 saturated heterocycles. The van der Waals surface area contributed by atoms with Crippen molar-refractivity contribution >= 4 is 12.4 Å². The predicted molar refractivity (Wildman–Crippen MR) is 56.4 cm³/mol. The number of rotatable bonds is 4. The molecule has 0 amide bonds. The van der Waals surface area contributed by atoms with Gasteiger partial charge in [-0.1, -0.05) is 12.1 Å². The Bertz CT molecular complexity index is 397. The Morgan fingerprint density at radius 3 is 2.19 bits per heavy atom. The van der Waals surface area contributed by atoms with Crippen LogP contribution in [0.5, 0.6) is 0 Å². The summed E-state index contributed by atoms with van der Waals surface area (Å²) in [5.74, 6) is 0. The first-order valence-corrected chi connectivity index (χ1v) is 4.66. The van der Waals surface area contributed by atoms with E-state index in [0.717, 1.165) is 18.5 Å². The smallest absolute Gasteiger partial charge is 0.313 e. The van der Waals surface area contributed by atoms with E-state index in [1.165, 1.54) is 6.07 Å². The zero-order chi connectivity index (χ0) is 12.2. The summed E-state index contributed by atoms with van der Waals surface area (Å²) in [5.41, 5.74) is -0.169. The van der Waals surface area contributed by atoms with Crippen LogP contribution < -0.4 is 0 Å². The maximum Gasteiger partial charge on any atom is 0.416 e. The van der Waals surface area contributed by atoms with Gasteiger partial charge in [-0.25, -0.2) is 0 Å². The summed E-state index contributed by atoms with van der Waals surface area (Å²) >= 11 is 0. The highest BCUT2D eigenvalue weighted by molar-refractivity contribution is 5.64. The summed E-state index contributed by atoms with van der Waals surface area (Å²) < 4.78 is 38.0. The summed E-state index contributed by atoms with van der Waals surface area (Å²) in [7, 11) is 0. The Kier molecular flexibility index (Phi) is 3.82. The Labute approximate surface area is 91.1 Å². The number of halogens is 3. The third-order valence-electron chi connectivity index (χ3n) is 2.21. The van der Waals surface area contributed by atoms with Crippen LogP contribution in [0.1, 0.15) is 16.7 Å². The van der Waals surface area contributed by atoms with Gasteiger partial charge in [0.1, 0.15) is 0 Å². The molecule has 0 spiro atoms. The molecule has 86 valence electrons. The van der Waals surface area contributed by atoms with Gasteiger partial charge in [0.05, 0.1) is 5.56 Å². The molecule has 0 bridgehead atoms. The van der Waals surface area contributed by atoms with Crippen LogP contribution in [0, 0.1) is 10.8 Å². The maximum absolute atomic E-state index is 12.7. The molecule has 1 aromatic rings. The maximum atomic E-state index is 12.7. The Balaban J connectivity index is 3.31. The molecule has 16 heavy (non-hydrogen) atoms. The van der Waals surface area contributed by atoms with Crippen LogP contribution in [0.4, 0.5) is 13.2 Å². The van der Waals surface area contributed by atoms with Gasteiger partial charge in [0.2, 0.25) is 0 Å². The van der Waals surface area contributed by atoms with Crippen molar-refractivity contribution in [3.63, 3.8) is 0 Å². The first-order valence-electron chi connectivity index (χ1n) is 4.66. The Hall–Kier alpha value is -1.65. The molecule has 0 unspecified atom stereocenters. The lowest BCUT2D eigenvalue weighted by Crippen LogP contribution is -2.12. The van der Waals surface area contributed by atoms with Gasteiger partial charge in [0.15, 0.2) is 0 Å².